The lowest BCUT2D eigenvalue weighted by Crippen LogP contribution is -3.11. The van der Waals surface area contributed by atoms with E-state index in [4.69, 9.17) is 1.37 Å². The molecule has 6 aliphatic carbocycles. The van der Waals surface area contributed by atoms with Crippen LogP contribution in [0.1, 0.15) is 55.3 Å². The van der Waals surface area contributed by atoms with E-state index in [0.29, 0.717) is 47.6 Å². The van der Waals surface area contributed by atoms with E-state index in [1.165, 1.54) is 19.3 Å². The Bertz CT molecular complexity index is 554. The van der Waals surface area contributed by atoms with E-state index < -0.39 is 0 Å². The number of unbranched alkanes of at least 4 members (excludes halogenated alkanes) is 1. The molecule has 6 saturated carbocycles. The number of carbonyl (C=O) groups is 1. The summed E-state index contributed by atoms with van der Waals surface area (Å²) in [4.78, 5) is 15.5. The second-order valence-electron chi connectivity index (χ2n) is 8.96. The van der Waals surface area contributed by atoms with Crippen molar-refractivity contribution in [2.24, 2.45) is 46.3 Å². The standard InChI is InChI=1S/C19H29NO/c1-6-7-8-18-13-11-14-12(13)16(18)19(14,15(11)18)17(21)20(9(2)3)10(4)5/h9-16H,6-8H2,1-5H3/i13D. The molecular weight excluding hydrogens is 258 g/mol. The van der Waals surface area contributed by atoms with Crippen molar-refractivity contribution in [2.75, 3.05) is 0 Å². The van der Waals surface area contributed by atoms with Crippen LogP contribution in [0.4, 0.5) is 0 Å². The Morgan fingerprint density at radius 3 is 2.24 bits per heavy atom. The quantitative estimate of drug-likeness (QED) is 0.732. The molecule has 1 amide bonds. The minimum absolute atomic E-state index is 0.0143. The van der Waals surface area contributed by atoms with Crippen LogP contribution in [-0.4, -0.2) is 22.9 Å². The van der Waals surface area contributed by atoms with Crippen LogP contribution in [-0.2, 0) is 4.79 Å². The molecule has 0 saturated heterocycles. The Hall–Kier alpha value is -0.530. The highest BCUT2D eigenvalue weighted by molar-refractivity contribution is 5.93. The third-order valence-corrected chi connectivity index (χ3v) is 8.10. The molecule has 0 aromatic carbocycles. The fraction of sp³-hybridized carbons (Fsp3) is 0.947. The Kier molecular flexibility index (Phi) is 1.91. The minimum Gasteiger partial charge on any atom is -0.337 e. The van der Waals surface area contributed by atoms with Gasteiger partial charge in [-0.25, -0.2) is 0 Å². The molecule has 0 aromatic rings. The summed E-state index contributed by atoms with van der Waals surface area (Å²) in [6.07, 6.45) is 3.70. The maximum Gasteiger partial charge on any atom is 0.230 e. The summed E-state index contributed by atoms with van der Waals surface area (Å²) >= 11 is 0. The van der Waals surface area contributed by atoms with Gasteiger partial charge in [0.25, 0.3) is 0 Å². The Balaban J connectivity index is 1.45. The highest BCUT2D eigenvalue weighted by Gasteiger charge is 3.11. The molecule has 2 heteroatoms. The highest BCUT2D eigenvalue weighted by Crippen LogP contribution is 3.11. The molecule has 0 heterocycles. The molecular formula is C19H29NO. The van der Waals surface area contributed by atoms with Gasteiger partial charge in [0.1, 0.15) is 0 Å². The van der Waals surface area contributed by atoms with Crippen molar-refractivity contribution in [3.05, 3.63) is 0 Å². The predicted octanol–water partition coefficient (Wildman–Crippen LogP) is 3.56. The molecule has 6 fully saturated rings. The van der Waals surface area contributed by atoms with E-state index in [0.717, 1.165) is 0 Å². The SMILES string of the molecule is [2H]C12C3C4C1C1C4(C(=O)N(C(C)C)C(C)C)C3C12CCCC. The number of hydrogen-bond acceptors (Lipinski definition) is 1. The van der Waals surface area contributed by atoms with Gasteiger partial charge >= 0.3 is 0 Å². The fourth-order valence-electron chi connectivity index (χ4n) is 8.05. The molecule has 116 valence electrons. The second-order valence-corrected chi connectivity index (χ2v) is 8.96. The summed E-state index contributed by atoms with van der Waals surface area (Å²) in [6, 6.07) is 0.592. The van der Waals surface area contributed by atoms with Crippen LogP contribution in [0.5, 0.6) is 0 Å². The third kappa shape index (κ3) is 0.874. The van der Waals surface area contributed by atoms with Crippen LogP contribution in [0.3, 0.4) is 0 Å². The molecule has 21 heavy (non-hydrogen) atoms. The summed E-state index contributed by atoms with van der Waals surface area (Å²) < 4.78 is 8.90. The molecule has 6 aliphatic rings. The number of carbonyl (C=O) groups excluding carboxylic acids is 1. The van der Waals surface area contributed by atoms with Crippen molar-refractivity contribution in [3.63, 3.8) is 0 Å². The molecule has 0 bridgehead atoms. The maximum atomic E-state index is 13.4. The van der Waals surface area contributed by atoms with Crippen LogP contribution in [0, 0.1) is 46.3 Å². The number of amides is 1. The fourth-order valence-corrected chi connectivity index (χ4v) is 8.05. The number of nitrogens with zero attached hydrogens (tertiary/aromatic N) is 1. The van der Waals surface area contributed by atoms with Gasteiger partial charge < -0.3 is 4.90 Å². The van der Waals surface area contributed by atoms with Crippen molar-refractivity contribution < 1.29 is 6.17 Å². The average molecular weight is 288 g/mol. The Morgan fingerprint density at radius 2 is 1.76 bits per heavy atom. The summed E-state index contributed by atoms with van der Waals surface area (Å²) in [5.74, 6) is 3.38. The van der Waals surface area contributed by atoms with Crippen molar-refractivity contribution in [3.8, 4) is 0 Å². The van der Waals surface area contributed by atoms with Crippen molar-refractivity contribution >= 4 is 5.91 Å². The van der Waals surface area contributed by atoms with Gasteiger partial charge in [-0.05, 0) is 75.0 Å². The first-order chi connectivity index (χ1) is 10.3. The summed E-state index contributed by atoms with van der Waals surface area (Å²) in [6.45, 7) is 10.9. The van der Waals surface area contributed by atoms with Crippen LogP contribution in [0.15, 0.2) is 0 Å². The first-order valence-electron chi connectivity index (χ1n) is 9.67. The molecule has 0 radical (unpaired) electrons. The van der Waals surface area contributed by atoms with Gasteiger partial charge in [0.2, 0.25) is 5.91 Å². The zero-order chi connectivity index (χ0) is 15.8. The summed E-state index contributed by atoms with van der Waals surface area (Å²) in [5, 5.41) is 0. The monoisotopic (exact) mass is 288 g/mol. The Morgan fingerprint density at radius 1 is 1.19 bits per heavy atom. The van der Waals surface area contributed by atoms with Crippen molar-refractivity contribution in [2.45, 2.75) is 66.0 Å². The van der Waals surface area contributed by atoms with Crippen molar-refractivity contribution in [1.82, 2.24) is 4.90 Å². The zero-order valence-corrected chi connectivity index (χ0v) is 14.0. The van der Waals surface area contributed by atoms with Gasteiger partial charge in [-0.2, -0.15) is 0 Å². The van der Waals surface area contributed by atoms with Crippen LogP contribution >= 0.6 is 0 Å². The van der Waals surface area contributed by atoms with E-state index in [1.54, 1.807) is 0 Å². The van der Waals surface area contributed by atoms with E-state index in [2.05, 4.69) is 39.5 Å². The van der Waals surface area contributed by atoms with E-state index in [9.17, 15) is 4.79 Å². The largest absolute Gasteiger partial charge is 0.337 e. The molecule has 4 unspecified atom stereocenters. The maximum absolute atomic E-state index is 13.4. The Labute approximate surface area is 130 Å². The van der Waals surface area contributed by atoms with Gasteiger partial charge in [-0.15, -0.1) is 0 Å². The topological polar surface area (TPSA) is 20.3 Å². The van der Waals surface area contributed by atoms with E-state index >= 15 is 0 Å². The van der Waals surface area contributed by atoms with Gasteiger partial charge in [0, 0.05) is 13.5 Å². The summed E-state index contributed by atoms with van der Waals surface area (Å²) in [5.41, 5.74) is 0.294. The van der Waals surface area contributed by atoms with Gasteiger partial charge in [0.15, 0.2) is 0 Å². The second kappa shape index (κ2) is 3.36. The van der Waals surface area contributed by atoms with E-state index in [-0.39, 0.29) is 16.7 Å². The van der Waals surface area contributed by atoms with Crippen LogP contribution < -0.4 is 0 Å². The molecule has 0 aliphatic heterocycles. The molecule has 6 rings (SSSR count). The number of rotatable bonds is 6. The minimum atomic E-state index is -0.0787. The predicted molar refractivity (Wildman–Crippen MR) is 82.4 cm³/mol. The average Bonchev–Trinajstić information content (AvgIpc) is 2.44. The normalized spacial score (nSPS) is 60.1. The van der Waals surface area contributed by atoms with E-state index in [1.807, 2.05) is 0 Å². The summed E-state index contributed by atoms with van der Waals surface area (Å²) in [7, 11) is 0. The van der Waals surface area contributed by atoms with Crippen LogP contribution in [0.2, 0.25) is 0 Å². The highest BCUT2D eigenvalue weighted by atomic mass is 16.2. The lowest BCUT2D eigenvalue weighted by Gasteiger charge is -3.11. The van der Waals surface area contributed by atoms with Gasteiger partial charge in [0.05, 0.1) is 5.41 Å². The smallest absolute Gasteiger partial charge is 0.230 e. The first-order valence-corrected chi connectivity index (χ1v) is 9.17. The third-order valence-electron chi connectivity index (χ3n) is 8.10. The molecule has 0 aromatic heterocycles. The lowest BCUT2D eigenvalue weighted by atomic mass is 8.91. The number of hydrogen-bond donors (Lipinski definition) is 0. The molecule has 0 N–H and O–H groups in total. The first kappa shape index (κ1) is 12.0. The lowest BCUT2D eigenvalue weighted by molar-refractivity contribution is -0.644. The molecule has 4 atom stereocenters. The molecule has 0 spiro atoms. The van der Waals surface area contributed by atoms with Crippen LogP contribution in [0.25, 0.3) is 0 Å². The van der Waals surface area contributed by atoms with Crippen molar-refractivity contribution in [1.29, 1.82) is 0 Å². The van der Waals surface area contributed by atoms with Gasteiger partial charge in [-0.1, -0.05) is 19.8 Å². The zero-order valence-electron chi connectivity index (χ0n) is 15.0. The molecule has 2 nitrogen and oxygen atoms in total. The van der Waals surface area contributed by atoms with Gasteiger partial charge in [-0.3, -0.25) is 4.79 Å².